The van der Waals surface area contributed by atoms with Crippen molar-refractivity contribution in [3.63, 3.8) is 0 Å². The van der Waals surface area contributed by atoms with Crippen LogP contribution in [0.4, 0.5) is 0 Å². The summed E-state index contributed by atoms with van der Waals surface area (Å²) in [6.45, 7) is 0.500. The van der Waals surface area contributed by atoms with Gasteiger partial charge in [0, 0.05) is 18.2 Å². The molecule has 124 valence electrons. The van der Waals surface area contributed by atoms with E-state index in [-0.39, 0.29) is 11.5 Å². The zero-order valence-corrected chi connectivity index (χ0v) is 14.3. The molecule has 0 unspecified atom stereocenters. The molecule has 2 rings (SSSR count). The van der Waals surface area contributed by atoms with E-state index in [4.69, 9.17) is 16.7 Å². The molecule has 0 saturated heterocycles. The van der Waals surface area contributed by atoms with Gasteiger partial charge in [-0.05, 0) is 54.7 Å². The quantitative estimate of drug-likeness (QED) is 0.766. The molecule has 0 amide bonds. The third-order valence-corrected chi connectivity index (χ3v) is 5.17. The first-order valence-corrected chi connectivity index (χ1v) is 9.31. The lowest BCUT2D eigenvalue weighted by Gasteiger charge is -2.08. The Bertz CT molecular complexity index is 730. The van der Waals surface area contributed by atoms with Gasteiger partial charge in [-0.1, -0.05) is 35.9 Å². The lowest BCUT2D eigenvalue weighted by atomic mass is 10.0. The Morgan fingerprint density at radius 1 is 1.00 bits per heavy atom. The summed E-state index contributed by atoms with van der Waals surface area (Å²) in [6.07, 6.45) is 2.16. The molecule has 2 N–H and O–H groups in total. The molecular formula is C17H20ClNO3S. The SMILES string of the molecule is O=S(=O)(NCCc1cccc(CCCO)c1)c1ccc(Cl)cc1. The Balaban J connectivity index is 1.92. The van der Waals surface area contributed by atoms with Gasteiger partial charge in [-0.25, -0.2) is 13.1 Å². The Morgan fingerprint density at radius 3 is 2.30 bits per heavy atom. The van der Waals surface area contributed by atoms with Gasteiger partial charge in [0.05, 0.1) is 4.90 Å². The number of aryl methyl sites for hydroxylation is 1. The maximum atomic E-state index is 12.2. The lowest BCUT2D eigenvalue weighted by Crippen LogP contribution is -2.26. The molecule has 4 nitrogen and oxygen atoms in total. The van der Waals surface area contributed by atoms with Gasteiger partial charge >= 0.3 is 0 Å². The monoisotopic (exact) mass is 353 g/mol. The van der Waals surface area contributed by atoms with Crippen molar-refractivity contribution in [2.45, 2.75) is 24.2 Å². The zero-order chi connectivity index (χ0) is 16.7. The van der Waals surface area contributed by atoms with E-state index in [0.717, 1.165) is 24.0 Å². The van der Waals surface area contributed by atoms with Crippen molar-refractivity contribution in [2.75, 3.05) is 13.2 Å². The van der Waals surface area contributed by atoms with E-state index in [1.807, 2.05) is 24.3 Å². The number of rotatable bonds is 8. The highest BCUT2D eigenvalue weighted by molar-refractivity contribution is 7.89. The standard InChI is InChI=1S/C17H20ClNO3S/c18-16-6-8-17(9-7-16)23(21,22)19-11-10-15-4-1-3-14(13-15)5-2-12-20/h1,3-4,6-9,13,19-20H,2,5,10-12H2. The van der Waals surface area contributed by atoms with Gasteiger partial charge in [0.25, 0.3) is 0 Å². The summed E-state index contributed by atoms with van der Waals surface area (Å²) in [5, 5.41) is 9.37. The van der Waals surface area contributed by atoms with Crippen molar-refractivity contribution in [3.05, 3.63) is 64.7 Å². The van der Waals surface area contributed by atoms with Crippen molar-refractivity contribution >= 4 is 21.6 Å². The minimum atomic E-state index is -3.51. The van der Waals surface area contributed by atoms with Crippen LogP contribution in [0.15, 0.2) is 53.4 Å². The molecule has 0 heterocycles. The van der Waals surface area contributed by atoms with E-state index >= 15 is 0 Å². The van der Waals surface area contributed by atoms with Gasteiger partial charge in [0.2, 0.25) is 10.0 Å². The number of halogens is 1. The largest absolute Gasteiger partial charge is 0.396 e. The normalized spacial score (nSPS) is 11.6. The molecule has 2 aromatic rings. The van der Waals surface area contributed by atoms with Crippen LogP contribution in [0.1, 0.15) is 17.5 Å². The fraction of sp³-hybridized carbons (Fsp3) is 0.294. The number of hydrogen-bond acceptors (Lipinski definition) is 3. The summed E-state index contributed by atoms with van der Waals surface area (Å²) >= 11 is 5.77. The molecule has 0 aromatic heterocycles. The van der Waals surface area contributed by atoms with Crippen molar-refractivity contribution in [3.8, 4) is 0 Å². The second kappa shape index (κ2) is 8.45. The van der Waals surface area contributed by atoms with Gasteiger partial charge < -0.3 is 5.11 Å². The van der Waals surface area contributed by atoms with Gasteiger partial charge in [-0.3, -0.25) is 0 Å². The van der Waals surface area contributed by atoms with Crippen LogP contribution in [0.25, 0.3) is 0 Å². The van der Waals surface area contributed by atoms with E-state index in [9.17, 15) is 8.42 Å². The van der Waals surface area contributed by atoms with Gasteiger partial charge in [-0.15, -0.1) is 0 Å². The maximum Gasteiger partial charge on any atom is 0.240 e. The van der Waals surface area contributed by atoms with Crippen molar-refractivity contribution in [1.29, 1.82) is 0 Å². The highest BCUT2D eigenvalue weighted by Gasteiger charge is 2.12. The molecule has 2 aromatic carbocycles. The van der Waals surface area contributed by atoms with Crippen molar-refractivity contribution in [2.24, 2.45) is 0 Å². The first-order valence-electron chi connectivity index (χ1n) is 7.45. The summed E-state index contributed by atoms with van der Waals surface area (Å²) in [6, 6.07) is 14.1. The highest BCUT2D eigenvalue weighted by Crippen LogP contribution is 2.14. The number of benzene rings is 2. The molecule has 0 spiro atoms. The van der Waals surface area contributed by atoms with Crippen LogP contribution in [0.2, 0.25) is 5.02 Å². The Labute approximate surface area is 142 Å². The first-order chi connectivity index (χ1) is 11.0. The van der Waals surface area contributed by atoms with Crippen LogP contribution >= 0.6 is 11.6 Å². The summed E-state index contributed by atoms with van der Waals surface area (Å²) in [4.78, 5) is 0.207. The number of aliphatic hydroxyl groups is 1. The van der Waals surface area contributed by atoms with Crippen molar-refractivity contribution < 1.29 is 13.5 Å². The molecule has 0 fully saturated rings. The molecule has 0 radical (unpaired) electrons. The minimum Gasteiger partial charge on any atom is -0.396 e. The minimum absolute atomic E-state index is 0.172. The summed E-state index contributed by atoms with van der Waals surface area (Å²) in [5.74, 6) is 0. The lowest BCUT2D eigenvalue weighted by molar-refractivity contribution is 0.288. The molecule has 23 heavy (non-hydrogen) atoms. The molecular weight excluding hydrogens is 334 g/mol. The molecule has 0 aliphatic heterocycles. The predicted octanol–water partition coefficient (Wildman–Crippen LogP) is 2.79. The van der Waals surface area contributed by atoms with Crippen LogP contribution in [0.3, 0.4) is 0 Å². The van der Waals surface area contributed by atoms with Crippen LogP contribution in [-0.4, -0.2) is 26.7 Å². The topological polar surface area (TPSA) is 66.4 Å². The van der Waals surface area contributed by atoms with E-state index in [1.54, 1.807) is 12.1 Å². The van der Waals surface area contributed by atoms with Crippen LogP contribution in [0, 0.1) is 0 Å². The van der Waals surface area contributed by atoms with Gasteiger partial charge in [-0.2, -0.15) is 0 Å². The third kappa shape index (κ3) is 5.62. The molecule has 0 saturated carbocycles. The zero-order valence-electron chi connectivity index (χ0n) is 12.7. The Hall–Kier alpha value is -1.40. The average Bonchev–Trinajstić information content (AvgIpc) is 2.53. The third-order valence-electron chi connectivity index (χ3n) is 3.44. The van der Waals surface area contributed by atoms with E-state index in [0.29, 0.717) is 18.0 Å². The van der Waals surface area contributed by atoms with Gasteiger partial charge in [0.15, 0.2) is 0 Å². The fourth-order valence-electron chi connectivity index (χ4n) is 2.25. The number of hydrogen-bond donors (Lipinski definition) is 2. The molecule has 0 bridgehead atoms. The van der Waals surface area contributed by atoms with E-state index < -0.39 is 10.0 Å². The molecule has 0 aliphatic rings. The fourth-order valence-corrected chi connectivity index (χ4v) is 3.41. The summed E-state index contributed by atoms with van der Waals surface area (Å²) < 4.78 is 26.9. The van der Waals surface area contributed by atoms with Crippen LogP contribution in [-0.2, 0) is 22.9 Å². The van der Waals surface area contributed by atoms with Gasteiger partial charge in [0.1, 0.15) is 0 Å². The van der Waals surface area contributed by atoms with E-state index in [2.05, 4.69) is 4.72 Å². The second-order valence-electron chi connectivity index (χ2n) is 5.25. The number of nitrogens with one attached hydrogen (secondary N) is 1. The number of sulfonamides is 1. The first kappa shape index (κ1) is 17.9. The smallest absolute Gasteiger partial charge is 0.240 e. The van der Waals surface area contributed by atoms with Crippen molar-refractivity contribution in [1.82, 2.24) is 4.72 Å². The Morgan fingerprint density at radius 2 is 1.65 bits per heavy atom. The molecule has 0 atom stereocenters. The number of aliphatic hydroxyl groups excluding tert-OH is 1. The van der Waals surface area contributed by atoms with Crippen LogP contribution in [0.5, 0.6) is 0 Å². The predicted molar refractivity (Wildman–Crippen MR) is 92.2 cm³/mol. The summed E-state index contributed by atoms with van der Waals surface area (Å²) in [7, 11) is -3.51. The van der Waals surface area contributed by atoms with E-state index in [1.165, 1.54) is 12.1 Å². The average molecular weight is 354 g/mol. The van der Waals surface area contributed by atoms with Crippen LogP contribution < -0.4 is 4.72 Å². The molecule has 6 heteroatoms. The summed E-state index contributed by atoms with van der Waals surface area (Å²) in [5.41, 5.74) is 2.22. The molecule has 0 aliphatic carbocycles. The highest BCUT2D eigenvalue weighted by atomic mass is 35.5. The second-order valence-corrected chi connectivity index (χ2v) is 7.45. The Kier molecular flexibility index (Phi) is 6.59. The maximum absolute atomic E-state index is 12.2.